The topological polar surface area (TPSA) is 44.5 Å². The van der Waals surface area contributed by atoms with Crippen LogP contribution < -0.4 is 10.5 Å². The first kappa shape index (κ1) is 14.4. The molecule has 2 N–H and O–H groups in total. The second kappa shape index (κ2) is 7.51. The highest BCUT2D eigenvalue weighted by atomic mass is 16.5. The third-order valence-electron chi connectivity index (χ3n) is 3.97. The summed E-state index contributed by atoms with van der Waals surface area (Å²) in [5.41, 5.74) is 7.45. The average molecular weight is 263 g/mol. The molecule has 0 aromatic heterocycles. The summed E-state index contributed by atoms with van der Waals surface area (Å²) in [6.07, 6.45) is 6.12. The molecular formula is C16H25NO2. The molecule has 19 heavy (non-hydrogen) atoms. The highest BCUT2D eigenvalue weighted by Crippen LogP contribution is 2.27. The fourth-order valence-corrected chi connectivity index (χ4v) is 2.69. The summed E-state index contributed by atoms with van der Waals surface area (Å²) in [7, 11) is 1.72. The quantitative estimate of drug-likeness (QED) is 0.822. The predicted octanol–water partition coefficient (Wildman–Crippen LogP) is 2.77. The Kier molecular flexibility index (Phi) is 5.67. The Morgan fingerprint density at radius 3 is 2.53 bits per heavy atom. The Balaban J connectivity index is 1.75. The van der Waals surface area contributed by atoms with E-state index in [2.05, 4.69) is 12.1 Å². The molecule has 1 aromatic carbocycles. The normalized spacial score (nSPS) is 17.6. The molecule has 0 spiro atoms. The van der Waals surface area contributed by atoms with E-state index in [1.165, 1.54) is 31.2 Å². The maximum absolute atomic E-state index is 6.18. The first-order chi connectivity index (χ1) is 9.29. The molecule has 1 fully saturated rings. The van der Waals surface area contributed by atoms with E-state index in [9.17, 15) is 0 Å². The molecular weight excluding hydrogens is 238 g/mol. The van der Waals surface area contributed by atoms with Gasteiger partial charge < -0.3 is 15.2 Å². The lowest BCUT2D eigenvalue weighted by Gasteiger charge is -2.19. The van der Waals surface area contributed by atoms with Crippen LogP contribution in [0.15, 0.2) is 24.3 Å². The van der Waals surface area contributed by atoms with Gasteiger partial charge in [-0.3, -0.25) is 0 Å². The van der Waals surface area contributed by atoms with Crippen LogP contribution in [0.2, 0.25) is 0 Å². The highest BCUT2D eigenvalue weighted by Gasteiger charge is 2.22. The second-order valence-electron chi connectivity index (χ2n) is 5.41. The maximum Gasteiger partial charge on any atom is 0.119 e. The van der Waals surface area contributed by atoms with Crippen LogP contribution in [-0.2, 0) is 11.2 Å². The number of hydrogen-bond acceptors (Lipinski definition) is 3. The number of hydrogen-bond donors (Lipinski definition) is 1. The van der Waals surface area contributed by atoms with Crippen LogP contribution in [-0.4, -0.2) is 26.4 Å². The van der Waals surface area contributed by atoms with Gasteiger partial charge in [0.1, 0.15) is 12.4 Å². The number of ether oxygens (including phenoxy) is 2. The molecule has 3 heteroatoms. The molecule has 0 saturated heterocycles. The van der Waals surface area contributed by atoms with E-state index in [0.29, 0.717) is 12.5 Å². The average Bonchev–Trinajstić information content (AvgIpc) is 2.98. The molecule has 0 aliphatic heterocycles. The van der Waals surface area contributed by atoms with E-state index < -0.39 is 0 Å². The van der Waals surface area contributed by atoms with E-state index in [-0.39, 0.29) is 6.04 Å². The number of methoxy groups -OCH3 is 1. The van der Waals surface area contributed by atoms with Crippen LogP contribution in [0.3, 0.4) is 0 Å². The zero-order valence-corrected chi connectivity index (χ0v) is 11.8. The van der Waals surface area contributed by atoms with E-state index in [1.807, 2.05) is 12.1 Å². The van der Waals surface area contributed by atoms with Gasteiger partial charge in [0.05, 0.1) is 6.61 Å². The summed E-state index contributed by atoms with van der Waals surface area (Å²) in [6, 6.07) is 8.40. The summed E-state index contributed by atoms with van der Waals surface area (Å²) in [6.45, 7) is 1.38. The van der Waals surface area contributed by atoms with Crippen molar-refractivity contribution in [2.24, 2.45) is 11.7 Å². The molecule has 0 bridgehead atoms. The Labute approximate surface area is 116 Å². The minimum atomic E-state index is 0.177. The minimum Gasteiger partial charge on any atom is -0.492 e. The van der Waals surface area contributed by atoms with Gasteiger partial charge in [0.15, 0.2) is 0 Å². The molecule has 1 aliphatic rings. The van der Waals surface area contributed by atoms with Gasteiger partial charge in [-0.1, -0.05) is 25.0 Å². The number of rotatable bonds is 7. The molecule has 1 atom stereocenters. The van der Waals surface area contributed by atoms with E-state index in [0.717, 1.165) is 18.8 Å². The Morgan fingerprint density at radius 1 is 1.21 bits per heavy atom. The largest absolute Gasteiger partial charge is 0.492 e. The molecule has 0 amide bonds. The Morgan fingerprint density at radius 2 is 1.89 bits per heavy atom. The molecule has 1 saturated carbocycles. The van der Waals surface area contributed by atoms with Crippen molar-refractivity contribution in [1.29, 1.82) is 0 Å². The lowest BCUT2D eigenvalue weighted by Crippen LogP contribution is -2.34. The summed E-state index contributed by atoms with van der Waals surface area (Å²) in [4.78, 5) is 0. The van der Waals surface area contributed by atoms with Crippen LogP contribution in [0.1, 0.15) is 31.2 Å². The monoisotopic (exact) mass is 263 g/mol. The van der Waals surface area contributed by atoms with Gasteiger partial charge in [0.25, 0.3) is 0 Å². The van der Waals surface area contributed by atoms with Crippen molar-refractivity contribution in [2.75, 3.05) is 20.3 Å². The van der Waals surface area contributed by atoms with Crippen molar-refractivity contribution < 1.29 is 9.47 Å². The summed E-state index contributed by atoms with van der Waals surface area (Å²) >= 11 is 0. The standard InChI is InChI=1S/C16H25NO2/c1-18-11-10-13-6-8-15(9-7-13)19-12-16(17)14-4-2-3-5-14/h6-9,14,16H,2-5,10-12,17H2,1H3. The molecule has 0 heterocycles. The maximum atomic E-state index is 6.18. The molecule has 1 aromatic rings. The van der Waals surface area contributed by atoms with Crippen molar-refractivity contribution in [1.82, 2.24) is 0 Å². The van der Waals surface area contributed by atoms with Gasteiger partial charge in [-0.25, -0.2) is 0 Å². The molecule has 0 radical (unpaired) electrons. The predicted molar refractivity (Wildman–Crippen MR) is 77.5 cm³/mol. The third kappa shape index (κ3) is 4.51. The fraction of sp³-hybridized carbons (Fsp3) is 0.625. The van der Waals surface area contributed by atoms with Crippen LogP contribution in [0.5, 0.6) is 5.75 Å². The van der Waals surface area contributed by atoms with Crippen molar-refractivity contribution in [3.63, 3.8) is 0 Å². The van der Waals surface area contributed by atoms with Gasteiger partial charge in [-0.15, -0.1) is 0 Å². The van der Waals surface area contributed by atoms with E-state index in [4.69, 9.17) is 15.2 Å². The zero-order chi connectivity index (χ0) is 13.5. The molecule has 1 unspecified atom stereocenters. The molecule has 106 valence electrons. The van der Waals surface area contributed by atoms with Crippen molar-refractivity contribution >= 4 is 0 Å². The fourth-order valence-electron chi connectivity index (χ4n) is 2.69. The van der Waals surface area contributed by atoms with Crippen LogP contribution >= 0.6 is 0 Å². The smallest absolute Gasteiger partial charge is 0.119 e. The van der Waals surface area contributed by atoms with Gasteiger partial charge in [0.2, 0.25) is 0 Å². The lowest BCUT2D eigenvalue weighted by molar-refractivity contribution is 0.202. The number of nitrogens with two attached hydrogens (primary N) is 1. The Bertz CT molecular complexity index is 358. The van der Waals surface area contributed by atoms with Gasteiger partial charge >= 0.3 is 0 Å². The first-order valence-corrected chi connectivity index (χ1v) is 7.26. The highest BCUT2D eigenvalue weighted by molar-refractivity contribution is 5.27. The van der Waals surface area contributed by atoms with Crippen molar-refractivity contribution in [3.8, 4) is 5.75 Å². The van der Waals surface area contributed by atoms with Crippen molar-refractivity contribution in [2.45, 2.75) is 38.1 Å². The summed E-state index contributed by atoms with van der Waals surface area (Å²) in [5.74, 6) is 1.57. The van der Waals surface area contributed by atoms with E-state index in [1.54, 1.807) is 7.11 Å². The van der Waals surface area contributed by atoms with Gasteiger partial charge in [0, 0.05) is 13.2 Å². The van der Waals surface area contributed by atoms with Gasteiger partial charge in [-0.05, 0) is 42.9 Å². The zero-order valence-electron chi connectivity index (χ0n) is 11.8. The molecule has 3 nitrogen and oxygen atoms in total. The summed E-state index contributed by atoms with van der Waals surface area (Å²) < 4.78 is 10.8. The lowest BCUT2D eigenvalue weighted by atomic mass is 10.00. The van der Waals surface area contributed by atoms with E-state index >= 15 is 0 Å². The molecule has 2 rings (SSSR count). The summed E-state index contributed by atoms with van der Waals surface area (Å²) in [5, 5.41) is 0. The number of benzene rings is 1. The Hall–Kier alpha value is -1.06. The molecule has 1 aliphatic carbocycles. The SMILES string of the molecule is COCCc1ccc(OCC(N)C2CCCC2)cc1. The third-order valence-corrected chi connectivity index (χ3v) is 3.97. The van der Waals surface area contributed by atoms with Crippen LogP contribution in [0, 0.1) is 5.92 Å². The second-order valence-corrected chi connectivity index (χ2v) is 5.41. The minimum absolute atomic E-state index is 0.177. The van der Waals surface area contributed by atoms with Gasteiger partial charge in [-0.2, -0.15) is 0 Å². The van der Waals surface area contributed by atoms with Crippen molar-refractivity contribution in [3.05, 3.63) is 29.8 Å². The first-order valence-electron chi connectivity index (χ1n) is 7.26. The van der Waals surface area contributed by atoms with Crippen LogP contribution in [0.25, 0.3) is 0 Å². The van der Waals surface area contributed by atoms with Crippen LogP contribution in [0.4, 0.5) is 0 Å².